The van der Waals surface area contributed by atoms with Crippen LogP contribution in [0.5, 0.6) is 0 Å². The predicted molar refractivity (Wildman–Crippen MR) is 78.7 cm³/mol. The van der Waals surface area contributed by atoms with Crippen LogP contribution in [0.25, 0.3) is 0 Å². The Labute approximate surface area is 122 Å². The highest BCUT2D eigenvalue weighted by molar-refractivity contribution is 9.10. The smallest absolute Gasteiger partial charge is 0.0761 e. The standard InChI is InChI=1S/C14H19BrClNO/c15-12-8-10(16)6-7-11(12)13(17)14(18)9-4-2-1-3-5-9/h6-9,13-14,18H,1-5,17H2/t13-,14+/m0/s1. The van der Waals surface area contributed by atoms with Crippen molar-refractivity contribution in [3.63, 3.8) is 0 Å². The summed E-state index contributed by atoms with van der Waals surface area (Å²) >= 11 is 9.38. The molecule has 1 fully saturated rings. The highest BCUT2D eigenvalue weighted by Crippen LogP contribution is 2.34. The maximum Gasteiger partial charge on any atom is 0.0761 e. The van der Waals surface area contributed by atoms with E-state index in [2.05, 4.69) is 15.9 Å². The van der Waals surface area contributed by atoms with Crippen molar-refractivity contribution in [1.29, 1.82) is 0 Å². The first-order valence-corrected chi connectivity index (χ1v) is 7.65. The van der Waals surface area contributed by atoms with Gasteiger partial charge in [0.2, 0.25) is 0 Å². The van der Waals surface area contributed by atoms with E-state index in [1.165, 1.54) is 19.3 Å². The van der Waals surface area contributed by atoms with E-state index in [1.54, 1.807) is 0 Å². The van der Waals surface area contributed by atoms with Gasteiger partial charge in [-0.05, 0) is 36.5 Å². The van der Waals surface area contributed by atoms with Crippen LogP contribution in [0.1, 0.15) is 43.7 Å². The molecule has 1 aliphatic carbocycles. The lowest BCUT2D eigenvalue weighted by Gasteiger charge is -2.31. The lowest BCUT2D eigenvalue weighted by atomic mass is 9.81. The van der Waals surface area contributed by atoms with Crippen LogP contribution >= 0.6 is 27.5 Å². The highest BCUT2D eigenvalue weighted by Gasteiger charge is 2.28. The fraction of sp³-hybridized carbons (Fsp3) is 0.571. The van der Waals surface area contributed by atoms with E-state index in [4.69, 9.17) is 17.3 Å². The number of rotatable bonds is 3. The summed E-state index contributed by atoms with van der Waals surface area (Å²) < 4.78 is 0.873. The molecular formula is C14H19BrClNO. The topological polar surface area (TPSA) is 46.2 Å². The number of benzene rings is 1. The Morgan fingerprint density at radius 1 is 1.28 bits per heavy atom. The van der Waals surface area contributed by atoms with Crippen molar-refractivity contribution in [3.05, 3.63) is 33.3 Å². The number of nitrogens with two attached hydrogens (primary N) is 1. The molecule has 0 aliphatic heterocycles. The second kappa shape index (κ2) is 6.38. The maximum absolute atomic E-state index is 10.4. The van der Waals surface area contributed by atoms with Gasteiger partial charge in [0.25, 0.3) is 0 Å². The van der Waals surface area contributed by atoms with Crippen molar-refractivity contribution in [2.24, 2.45) is 11.7 Å². The van der Waals surface area contributed by atoms with E-state index in [-0.39, 0.29) is 6.04 Å². The van der Waals surface area contributed by atoms with Gasteiger partial charge < -0.3 is 10.8 Å². The van der Waals surface area contributed by atoms with Crippen molar-refractivity contribution >= 4 is 27.5 Å². The molecule has 0 saturated heterocycles. The van der Waals surface area contributed by atoms with Crippen molar-refractivity contribution < 1.29 is 5.11 Å². The number of hydrogen-bond donors (Lipinski definition) is 2. The third-order valence-corrected chi connectivity index (χ3v) is 4.74. The molecule has 2 atom stereocenters. The molecule has 1 aliphatic rings. The fourth-order valence-corrected chi connectivity index (χ4v) is 3.67. The van der Waals surface area contributed by atoms with E-state index in [1.807, 2.05) is 18.2 Å². The third kappa shape index (κ3) is 3.27. The van der Waals surface area contributed by atoms with E-state index in [0.29, 0.717) is 10.9 Å². The van der Waals surface area contributed by atoms with Crippen molar-refractivity contribution in [1.82, 2.24) is 0 Å². The van der Waals surface area contributed by atoms with E-state index >= 15 is 0 Å². The zero-order valence-corrected chi connectivity index (χ0v) is 12.6. The average molecular weight is 333 g/mol. The van der Waals surface area contributed by atoms with Gasteiger partial charge in [0.1, 0.15) is 0 Å². The van der Waals surface area contributed by atoms with Gasteiger partial charge in [0.05, 0.1) is 12.1 Å². The summed E-state index contributed by atoms with van der Waals surface area (Å²) in [6.45, 7) is 0. The Morgan fingerprint density at radius 3 is 2.56 bits per heavy atom. The van der Waals surface area contributed by atoms with Crippen LogP contribution in [0.3, 0.4) is 0 Å². The summed E-state index contributed by atoms with van der Waals surface area (Å²) in [5.41, 5.74) is 7.13. The van der Waals surface area contributed by atoms with Gasteiger partial charge in [-0.15, -0.1) is 0 Å². The summed E-state index contributed by atoms with van der Waals surface area (Å²) in [5, 5.41) is 11.1. The zero-order chi connectivity index (χ0) is 13.1. The van der Waals surface area contributed by atoms with Gasteiger partial charge >= 0.3 is 0 Å². The van der Waals surface area contributed by atoms with Gasteiger partial charge in [-0.2, -0.15) is 0 Å². The number of aliphatic hydroxyl groups excluding tert-OH is 1. The molecule has 4 heteroatoms. The fourth-order valence-electron chi connectivity index (χ4n) is 2.72. The Kier molecular flexibility index (Phi) is 5.07. The second-order valence-corrected chi connectivity index (χ2v) is 6.37. The molecule has 0 unspecified atom stereocenters. The minimum Gasteiger partial charge on any atom is -0.391 e. The van der Waals surface area contributed by atoms with E-state index < -0.39 is 6.10 Å². The van der Waals surface area contributed by atoms with E-state index in [9.17, 15) is 5.11 Å². The number of halogens is 2. The van der Waals surface area contributed by atoms with Crippen LogP contribution in [-0.2, 0) is 0 Å². The van der Waals surface area contributed by atoms with Gasteiger partial charge in [0, 0.05) is 9.50 Å². The Morgan fingerprint density at radius 2 is 1.94 bits per heavy atom. The minimum absolute atomic E-state index is 0.330. The maximum atomic E-state index is 10.4. The Hall–Kier alpha value is -0.0900. The molecule has 0 amide bonds. The Balaban J connectivity index is 2.11. The van der Waals surface area contributed by atoms with Gasteiger partial charge in [0.15, 0.2) is 0 Å². The summed E-state index contributed by atoms with van der Waals surface area (Å²) in [6.07, 6.45) is 5.39. The first-order valence-electron chi connectivity index (χ1n) is 6.48. The van der Waals surface area contributed by atoms with Crippen LogP contribution < -0.4 is 5.73 Å². The summed E-state index contributed by atoms with van der Waals surface area (Å²) in [5.74, 6) is 0.330. The first-order chi connectivity index (χ1) is 8.59. The summed E-state index contributed by atoms with van der Waals surface area (Å²) in [4.78, 5) is 0. The molecule has 0 aromatic heterocycles. The molecule has 0 spiro atoms. The van der Waals surface area contributed by atoms with Crippen LogP contribution in [0.4, 0.5) is 0 Å². The molecule has 2 rings (SSSR count). The zero-order valence-electron chi connectivity index (χ0n) is 10.3. The first kappa shape index (κ1) is 14.3. The molecule has 0 heterocycles. The molecule has 1 aromatic rings. The molecule has 18 heavy (non-hydrogen) atoms. The lowest BCUT2D eigenvalue weighted by molar-refractivity contribution is 0.0616. The van der Waals surface area contributed by atoms with Crippen molar-refractivity contribution in [2.45, 2.75) is 44.2 Å². The monoisotopic (exact) mass is 331 g/mol. The van der Waals surface area contributed by atoms with Crippen LogP contribution in [0.15, 0.2) is 22.7 Å². The summed E-state index contributed by atoms with van der Waals surface area (Å²) in [7, 11) is 0. The molecule has 100 valence electrons. The molecule has 0 radical (unpaired) electrons. The van der Waals surface area contributed by atoms with Gasteiger partial charge in [-0.3, -0.25) is 0 Å². The van der Waals surface area contributed by atoms with Gasteiger partial charge in [-0.1, -0.05) is 52.9 Å². The third-order valence-electron chi connectivity index (χ3n) is 3.82. The molecule has 0 bridgehead atoms. The number of hydrogen-bond acceptors (Lipinski definition) is 2. The highest BCUT2D eigenvalue weighted by atomic mass is 79.9. The molecular weight excluding hydrogens is 314 g/mol. The van der Waals surface area contributed by atoms with Crippen LogP contribution in [0.2, 0.25) is 5.02 Å². The average Bonchev–Trinajstić information content (AvgIpc) is 2.38. The van der Waals surface area contributed by atoms with Crippen molar-refractivity contribution in [3.8, 4) is 0 Å². The van der Waals surface area contributed by atoms with Crippen LogP contribution in [-0.4, -0.2) is 11.2 Å². The summed E-state index contributed by atoms with van der Waals surface area (Å²) in [6, 6.07) is 5.18. The second-order valence-electron chi connectivity index (χ2n) is 5.08. The number of aliphatic hydroxyl groups is 1. The van der Waals surface area contributed by atoms with Gasteiger partial charge in [-0.25, -0.2) is 0 Å². The minimum atomic E-state index is -0.470. The Bertz CT molecular complexity index is 407. The quantitative estimate of drug-likeness (QED) is 0.877. The molecule has 1 aromatic carbocycles. The molecule has 2 nitrogen and oxygen atoms in total. The molecule has 1 saturated carbocycles. The SMILES string of the molecule is N[C@@H](c1ccc(Cl)cc1Br)[C@H](O)C1CCCCC1. The normalized spacial score (nSPS) is 20.7. The lowest BCUT2D eigenvalue weighted by Crippen LogP contribution is -2.34. The van der Waals surface area contributed by atoms with Crippen LogP contribution in [0, 0.1) is 5.92 Å². The van der Waals surface area contributed by atoms with E-state index in [0.717, 1.165) is 22.9 Å². The molecule has 3 N–H and O–H groups in total. The predicted octanol–water partition coefficient (Wildman–Crippen LogP) is 4.04. The van der Waals surface area contributed by atoms with Crippen molar-refractivity contribution in [2.75, 3.05) is 0 Å². The largest absolute Gasteiger partial charge is 0.391 e.